The van der Waals surface area contributed by atoms with Crippen molar-refractivity contribution in [1.29, 1.82) is 0 Å². The molecular weight excluding hydrogens is 509 g/mol. The van der Waals surface area contributed by atoms with Gasteiger partial charge in [-0.3, -0.25) is 9.59 Å². The Hall–Kier alpha value is -2.57. The zero-order valence-electron chi connectivity index (χ0n) is 23.3. The smallest absolute Gasteiger partial charge is 0.243 e. The van der Waals surface area contributed by atoms with Crippen LogP contribution in [0.25, 0.3) is 0 Å². The number of rotatable bonds is 20. The van der Waals surface area contributed by atoms with Crippen molar-refractivity contribution >= 4 is 11.8 Å². The van der Waals surface area contributed by atoms with Crippen molar-refractivity contribution in [3.05, 3.63) is 42.2 Å². The number of hydrogen-bond donors (Lipinski definition) is 2. The zero-order chi connectivity index (χ0) is 28.3. The second-order valence-electron chi connectivity index (χ2n) is 9.42. The third-order valence-electron chi connectivity index (χ3n) is 6.24. The van der Waals surface area contributed by atoms with E-state index in [2.05, 4.69) is 22.1 Å². The van der Waals surface area contributed by atoms with Gasteiger partial charge in [0.25, 0.3) is 0 Å². The average molecular weight is 554 g/mol. The molecule has 1 saturated heterocycles. The summed E-state index contributed by atoms with van der Waals surface area (Å²) in [5, 5.41) is 5.58. The molecule has 0 aromatic heterocycles. The molecule has 1 aliphatic rings. The summed E-state index contributed by atoms with van der Waals surface area (Å²) in [5.41, 5.74) is 0.618. The normalized spacial score (nSPS) is 17.5. The first-order chi connectivity index (χ1) is 18.9. The highest BCUT2D eigenvalue weighted by molar-refractivity contribution is 5.86. The Kier molecular flexibility index (Phi) is 16.3. The van der Waals surface area contributed by atoms with Gasteiger partial charge in [0.15, 0.2) is 0 Å². The minimum atomic E-state index is -0.243. The molecule has 2 atom stereocenters. The summed E-state index contributed by atoms with van der Waals surface area (Å²) in [5.74, 6) is 0.210. The predicted molar refractivity (Wildman–Crippen MR) is 145 cm³/mol. The monoisotopic (exact) mass is 553 g/mol. The Balaban J connectivity index is 1.47. The fraction of sp³-hybridized carbons (Fsp3) is 0.643. The molecule has 0 spiro atoms. The van der Waals surface area contributed by atoms with Gasteiger partial charge >= 0.3 is 0 Å². The van der Waals surface area contributed by atoms with Crippen molar-refractivity contribution in [1.82, 2.24) is 15.5 Å². The van der Waals surface area contributed by atoms with Crippen molar-refractivity contribution in [3.8, 4) is 5.75 Å². The molecule has 1 aromatic rings. The topological polar surface area (TPSA) is 108 Å². The number of nitrogens with zero attached hydrogens (tertiary/aromatic N) is 1. The molecule has 39 heavy (non-hydrogen) atoms. The molecule has 1 aliphatic heterocycles. The maximum Gasteiger partial charge on any atom is 0.243 e. The van der Waals surface area contributed by atoms with E-state index in [1.165, 1.54) is 12.1 Å². The lowest BCUT2D eigenvalue weighted by Crippen LogP contribution is -2.45. The van der Waals surface area contributed by atoms with Crippen LogP contribution in [0.2, 0.25) is 0 Å². The largest absolute Gasteiger partial charge is 0.497 e. The first-order valence-corrected chi connectivity index (χ1v) is 13.4. The third-order valence-corrected chi connectivity index (χ3v) is 6.24. The average Bonchev–Trinajstić information content (AvgIpc) is 2.93. The minimum absolute atomic E-state index is 0.000146. The first-order valence-electron chi connectivity index (χ1n) is 13.4. The van der Waals surface area contributed by atoms with Gasteiger partial charge in [0, 0.05) is 26.2 Å². The van der Waals surface area contributed by atoms with E-state index in [0.29, 0.717) is 96.6 Å². The van der Waals surface area contributed by atoms with Crippen molar-refractivity contribution in [2.24, 2.45) is 11.8 Å². The van der Waals surface area contributed by atoms with Crippen LogP contribution >= 0.6 is 0 Å². The fourth-order valence-corrected chi connectivity index (χ4v) is 4.40. The minimum Gasteiger partial charge on any atom is -0.497 e. The molecule has 0 radical (unpaired) electrons. The Labute approximate surface area is 231 Å². The van der Waals surface area contributed by atoms with Crippen LogP contribution in [-0.2, 0) is 35.0 Å². The summed E-state index contributed by atoms with van der Waals surface area (Å²) >= 11 is 0. The van der Waals surface area contributed by atoms with Gasteiger partial charge < -0.3 is 39.2 Å². The highest BCUT2D eigenvalue weighted by Crippen LogP contribution is 2.27. The molecule has 2 N–H and O–H groups in total. The quantitative estimate of drug-likeness (QED) is 0.185. The van der Waals surface area contributed by atoms with Gasteiger partial charge in [-0.25, -0.2) is 4.39 Å². The molecule has 11 heteroatoms. The van der Waals surface area contributed by atoms with Crippen LogP contribution in [-0.4, -0.2) is 110 Å². The van der Waals surface area contributed by atoms with Gasteiger partial charge in [-0.15, -0.1) is 0 Å². The molecule has 220 valence electrons. The van der Waals surface area contributed by atoms with Gasteiger partial charge in [-0.1, -0.05) is 6.58 Å². The number of hydrogen-bond acceptors (Lipinski definition) is 8. The number of carbonyl (C=O) groups excluding carboxylic acids is 2. The number of amides is 2. The van der Waals surface area contributed by atoms with E-state index in [-0.39, 0.29) is 29.5 Å². The van der Waals surface area contributed by atoms with Crippen LogP contribution in [0.5, 0.6) is 5.75 Å². The molecule has 10 nitrogen and oxygen atoms in total. The van der Waals surface area contributed by atoms with Gasteiger partial charge in [0.1, 0.15) is 11.6 Å². The number of ether oxygens (including phenoxy) is 5. The lowest BCUT2D eigenvalue weighted by molar-refractivity contribution is -0.127. The Morgan fingerprint density at radius 1 is 0.974 bits per heavy atom. The molecule has 0 saturated carbocycles. The van der Waals surface area contributed by atoms with E-state index >= 15 is 0 Å². The lowest BCUT2D eigenvalue weighted by Gasteiger charge is -2.35. The molecule has 0 unspecified atom stereocenters. The number of carbonyl (C=O) groups is 2. The number of piperidine rings is 1. The standard InChI is InChI=1S/C28H44FN3O7/c1-4-27(33)30-7-9-36-11-13-38-15-16-39-14-12-37-10-8-31-28(34)24-18-22(20-32(2)21-24)17-23-19-25(35-3)5-6-26(23)29/h4-6,19,22,24H,1,7-18,20-21H2,2-3H3,(H,30,33)(H,31,34)/t22-,24+/m1/s1. The molecule has 2 amide bonds. The molecule has 0 aliphatic carbocycles. The molecule has 2 rings (SSSR count). The maximum absolute atomic E-state index is 14.3. The van der Waals surface area contributed by atoms with E-state index in [1.807, 2.05) is 7.05 Å². The van der Waals surface area contributed by atoms with E-state index in [4.69, 9.17) is 23.7 Å². The van der Waals surface area contributed by atoms with E-state index in [9.17, 15) is 14.0 Å². The highest BCUT2D eigenvalue weighted by atomic mass is 19.1. The third kappa shape index (κ3) is 13.9. The summed E-state index contributed by atoms with van der Waals surface area (Å²) in [6, 6.07) is 4.78. The molecule has 1 heterocycles. The van der Waals surface area contributed by atoms with Crippen LogP contribution < -0.4 is 15.4 Å². The number of nitrogens with one attached hydrogen (secondary N) is 2. The SMILES string of the molecule is C=CC(=O)NCCOCCOCCOCCOCCNC(=O)[C@H]1C[C@@H](Cc2cc(OC)ccc2F)CN(C)C1. The summed E-state index contributed by atoms with van der Waals surface area (Å²) < 4.78 is 41.2. The molecule has 0 bridgehead atoms. The van der Waals surface area contributed by atoms with Gasteiger partial charge in [0.2, 0.25) is 11.8 Å². The Morgan fingerprint density at radius 3 is 2.15 bits per heavy atom. The van der Waals surface area contributed by atoms with Crippen molar-refractivity contribution in [2.45, 2.75) is 12.8 Å². The number of methoxy groups -OCH3 is 1. The van der Waals surface area contributed by atoms with Crippen molar-refractivity contribution in [3.63, 3.8) is 0 Å². The molecule has 1 fully saturated rings. The second-order valence-corrected chi connectivity index (χ2v) is 9.42. The second kappa shape index (κ2) is 19.5. The van der Waals surface area contributed by atoms with Crippen molar-refractivity contribution in [2.75, 3.05) is 93.2 Å². The van der Waals surface area contributed by atoms with E-state index < -0.39 is 0 Å². The summed E-state index contributed by atoms with van der Waals surface area (Å²) in [6.45, 7) is 9.20. The summed E-state index contributed by atoms with van der Waals surface area (Å²) in [4.78, 5) is 25.8. The predicted octanol–water partition coefficient (Wildman–Crippen LogP) is 1.43. The zero-order valence-corrected chi connectivity index (χ0v) is 23.3. The first kappa shape index (κ1) is 32.6. The Morgan fingerprint density at radius 2 is 1.56 bits per heavy atom. The lowest BCUT2D eigenvalue weighted by atomic mass is 9.84. The van der Waals surface area contributed by atoms with Crippen LogP contribution in [0.15, 0.2) is 30.9 Å². The summed E-state index contributed by atoms with van der Waals surface area (Å²) in [7, 11) is 3.56. The Bertz CT molecular complexity index is 874. The van der Waals surface area contributed by atoms with Crippen LogP contribution in [0, 0.1) is 17.7 Å². The van der Waals surface area contributed by atoms with Gasteiger partial charge in [-0.05, 0) is 55.6 Å². The maximum atomic E-state index is 14.3. The molecular formula is C28H44FN3O7. The highest BCUT2D eigenvalue weighted by Gasteiger charge is 2.30. The number of halogens is 1. The number of benzene rings is 1. The van der Waals surface area contributed by atoms with Crippen LogP contribution in [0.4, 0.5) is 4.39 Å². The van der Waals surface area contributed by atoms with Gasteiger partial charge in [-0.2, -0.15) is 0 Å². The number of likely N-dealkylation sites (tertiary alicyclic amines) is 1. The van der Waals surface area contributed by atoms with Crippen LogP contribution in [0.1, 0.15) is 12.0 Å². The fourth-order valence-electron chi connectivity index (χ4n) is 4.40. The van der Waals surface area contributed by atoms with Crippen molar-refractivity contribution < 1.29 is 37.7 Å². The molecule has 1 aromatic carbocycles. The van der Waals surface area contributed by atoms with Crippen LogP contribution in [0.3, 0.4) is 0 Å². The van der Waals surface area contributed by atoms with E-state index in [0.717, 1.165) is 6.54 Å². The summed E-state index contributed by atoms with van der Waals surface area (Å²) in [6.07, 6.45) is 2.50. The van der Waals surface area contributed by atoms with E-state index in [1.54, 1.807) is 19.2 Å². The van der Waals surface area contributed by atoms with Gasteiger partial charge in [0.05, 0.1) is 65.9 Å².